The lowest BCUT2D eigenvalue weighted by Gasteiger charge is -2.19. The lowest BCUT2D eigenvalue weighted by atomic mass is 10.1. The number of anilines is 1. The van der Waals surface area contributed by atoms with Crippen LogP contribution < -0.4 is 16.2 Å². The molecule has 0 spiro atoms. The highest BCUT2D eigenvalue weighted by Gasteiger charge is 2.19. The van der Waals surface area contributed by atoms with Gasteiger partial charge < -0.3 is 10.6 Å². The zero-order valence-electron chi connectivity index (χ0n) is 16.0. The number of carbonyl (C=O) groups is 1. The van der Waals surface area contributed by atoms with E-state index in [9.17, 15) is 9.59 Å². The van der Waals surface area contributed by atoms with Crippen LogP contribution in [-0.4, -0.2) is 38.7 Å². The zero-order valence-corrected chi connectivity index (χ0v) is 17.6. The van der Waals surface area contributed by atoms with Gasteiger partial charge in [0.2, 0.25) is 5.95 Å². The second-order valence-corrected chi connectivity index (χ2v) is 8.34. The number of fused-ring (bicyclic) bond motifs is 1. The van der Waals surface area contributed by atoms with E-state index in [0.717, 1.165) is 4.47 Å². The maximum Gasteiger partial charge on any atom is 0.263 e. The van der Waals surface area contributed by atoms with E-state index in [1.54, 1.807) is 16.8 Å². The summed E-state index contributed by atoms with van der Waals surface area (Å²) in [5, 5.41) is 10.7. The van der Waals surface area contributed by atoms with Gasteiger partial charge in [-0.1, -0.05) is 22.0 Å². The van der Waals surface area contributed by atoms with Crippen LogP contribution in [0.25, 0.3) is 11.0 Å². The molecule has 0 aliphatic rings. The number of H-pyrrole nitrogens is 1. The van der Waals surface area contributed by atoms with Gasteiger partial charge in [-0.3, -0.25) is 14.6 Å². The van der Waals surface area contributed by atoms with Gasteiger partial charge in [0.1, 0.15) is 5.39 Å². The fourth-order valence-corrected chi connectivity index (χ4v) is 3.12. The maximum absolute atomic E-state index is 12.3. The zero-order chi connectivity index (χ0) is 20.3. The van der Waals surface area contributed by atoms with Crippen molar-refractivity contribution in [3.8, 4) is 0 Å². The quantitative estimate of drug-likeness (QED) is 0.504. The summed E-state index contributed by atoms with van der Waals surface area (Å²) in [6, 6.07) is 7.23. The number of carbonyl (C=O) groups excluding carboxylic acids is 1. The van der Waals surface area contributed by atoms with Gasteiger partial charge in [0.05, 0.1) is 11.7 Å². The van der Waals surface area contributed by atoms with E-state index >= 15 is 0 Å². The van der Waals surface area contributed by atoms with Crippen molar-refractivity contribution in [2.24, 2.45) is 0 Å². The molecule has 8 nitrogen and oxygen atoms in total. The molecule has 3 N–H and O–H groups in total. The predicted octanol–water partition coefficient (Wildman–Crippen LogP) is 2.87. The first-order valence-corrected chi connectivity index (χ1v) is 9.81. The van der Waals surface area contributed by atoms with E-state index in [0.29, 0.717) is 42.1 Å². The van der Waals surface area contributed by atoms with Crippen LogP contribution in [0.3, 0.4) is 0 Å². The van der Waals surface area contributed by atoms with Crippen molar-refractivity contribution in [3.05, 3.63) is 50.9 Å². The van der Waals surface area contributed by atoms with E-state index in [1.165, 1.54) is 6.20 Å². The second-order valence-electron chi connectivity index (χ2n) is 7.43. The first kappa shape index (κ1) is 20.1. The number of hydrogen-bond donors (Lipinski definition) is 3. The molecular formula is C19H23BrN6O2. The van der Waals surface area contributed by atoms with Crippen molar-refractivity contribution < 1.29 is 4.79 Å². The molecule has 0 atom stereocenters. The highest BCUT2D eigenvalue weighted by Crippen LogP contribution is 2.18. The number of aromatic nitrogens is 4. The molecule has 2 heterocycles. The fourth-order valence-electron chi connectivity index (χ4n) is 2.72. The number of benzene rings is 1. The van der Waals surface area contributed by atoms with E-state index in [2.05, 4.69) is 41.6 Å². The second kappa shape index (κ2) is 8.14. The summed E-state index contributed by atoms with van der Waals surface area (Å²) in [6.07, 6.45) is 2.22. The van der Waals surface area contributed by atoms with E-state index in [1.807, 2.05) is 32.9 Å². The van der Waals surface area contributed by atoms with Crippen molar-refractivity contribution in [2.75, 3.05) is 18.4 Å². The Morgan fingerprint density at radius 3 is 2.79 bits per heavy atom. The van der Waals surface area contributed by atoms with Gasteiger partial charge in [-0.15, -0.1) is 0 Å². The van der Waals surface area contributed by atoms with Crippen molar-refractivity contribution in [1.29, 1.82) is 0 Å². The van der Waals surface area contributed by atoms with Crippen LogP contribution in [0, 0.1) is 0 Å². The van der Waals surface area contributed by atoms with Crippen LogP contribution in [0.15, 0.2) is 39.7 Å². The van der Waals surface area contributed by atoms with Gasteiger partial charge in [-0.05, 0) is 45.4 Å². The smallest absolute Gasteiger partial charge is 0.263 e. The summed E-state index contributed by atoms with van der Waals surface area (Å²) in [5.41, 5.74) is 0.637. The Hall–Kier alpha value is -2.68. The summed E-state index contributed by atoms with van der Waals surface area (Å²) >= 11 is 3.35. The van der Waals surface area contributed by atoms with Gasteiger partial charge in [-0.2, -0.15) is 10.1 Å². The van der Waals surface area contributed by atoms with Gasteiger partial charge >= 0.3 is 0 Å². The van der Waals surface area contributed by atoms with Gasteiger partial charge in [-0.25, -0.2) is 4.68 Å². The van der Waals surface area contributed by atoms with E-state index < -0.39 is 0 Å². The van der Waals surface area contributed by atoms with Crippen LogP contribution in [0.2, 0.25) is 0 Å². The summed E-state index contributed by atoms with van der Waals surface area (Å²) < 4.78 is 2.60. The molecule has 0 unspecified atom stereocenters. The Morgan fingerprint density at radius 2 is 2.07 bits per heavy atom. The van der Waals surface area contributed by atoms with Crippen molar-refractivity contribution in [2.45, 2.75) is 32.7 Å². The Morgan fingerprint density at radius 1 is 1.29 bits per heavy atom. The van der Waals surface area contributed by atoms with Gasteiger partial charge in [0.25, 0.3) is 11.5 Å². The SMILES string of the molecule is CC(C)(C)n1ncc2c(=O)[nH]c(NCCCNC(=O)c3cccc(Br)c3)nc21. The molecule has 1 amide bonds. The number of halogens is 1. The molecule has 0 aliphatic carbocycles. The lowest BCUT2D eigenvalue weighted by molar-refractivity contribution is 0.0953. The Balaban J connectivity index is 1.57. The summed E-state index contributed by atoms with van der Waals surface area (Å²) in [5.74, 6) is 0.269. The van der Waals surface area contributed by atoms with E-state index in [4.69, 9.17) is 0 Å². The topological polar surface area (TPSA) is 105 Å². The summed E-state index contributed by atoms with van der Waals surface area (Å²) in [4.78, 5) is 31.6. The molecular weight excluding hydrogens is 424 g/mol. The minimum atomic E-state index is -0.281. The number of rotatable bonds is 6. The first-order valence-electron chi connectivity index (χ1n) is 9.02. The van der Waals surface area contributed by atoms with Gasteiger partial charge in [0.15, 0.2) is 5.65 Å². The molecule has 0 saturated carbocycles. The van der Waals surface area contributed by atoms with Gasteiger partial charge in [0, 0.05) is 23.1 Å². The van der Waals surface area contributed by atoms with Crippen molar-refractivity contribution in [3.63, 3.8) is 0 Å². The summed E-state index contributed by atoms with van der Waals surface area (Å²) in [7, 11) is 0. The van der Waals surface area contributed by atoms with Crippen LogP contribution >= 0.6 is 15.9 Å². The molecule has 0 radical (unpaired) electrons. The summed E-state index contributed by atoms with van der Waals surface area (Å²) in [6.45, 7) is 7.07. The molecule has 2 aromatic heterocycles. The Bertz CT molecular complexity index is 1050. The maximum atomic E-state index is 12.3. The Kier molecular flexibility index (Phi) is 5.83. The van der Waals surface area contributed by atoms with Crippen LogP contribution in [0.1, 0.15) is 37.6 Å². The highest BCUT2D eigenvalue weighted by atomic mass is 79.9. The molecule has 3 aromatic rings. The molecule has 9 heteroatoms. The highest BCUT2D eigenvalue weighted by molar-refractivity contribution is 9.10. The van der Waals surface area contributed by atoms with Crippen LogP contribution in [0.4, 0.5) is 5.95 Å². The van der Waals surface area contributed by atoms with Crippen molar-refractivity contribution >= 4 is 38.8 Å². The number of amides is 1. The monoisotopic (exact) mass is 446 g/mol. The minimum absolute atomic E-state index is 0.122. The molecule has 0 saturated heterocycles. The largest absolute Gasteiger partial charge is 0.356 e. The molecule has 28 heavy (non-hydrogen) atoms. The van der Waals surface area contributed by atoms with Crippen LogP contribution in [-0.2, 0) is 5.54 Å². The average Bonchev–Trinajstić information content (AvgIpc) is 3.06. The normalized spacial score (nSPS) is 11.6. The minimum Gasteiger partial charge on any atom is -0.356 e. The number of hydrogen-bond acceptors (Lipinski definition) is 5. The standard InChI is InChI=1S/C19H23BrN6O2/c1-19(2,3)26-15-14(11-23-26)17(28)25-18(24-15)22-9-5-8-21-16(27)12-6-4-7-13(20)10-12/h4,6-7,10-11H,5,8-9H2,1-3H3,(H,21,27)(H2,22,24,25,28). The number of aromatic amines is 1. The Labute approximate surface area is 170 Å². The number of nitrogens with one attached hydrogen (secondary N) is 3. The average molecular weight is 447 g/mol. The molecule has 0 aliphatic heterocycles. The van der Waals surface area contributed by atoms with E-state index in [-0.39, 0.29) is 17.0 Å². The third-order valence-electron chi connectivity index (χ3n) is 4.09. The predicted molar refractivity (Wildman–Crippen MR) is 113 cm³/mol. The molecule has 0 bridgehead atoms. The number of nitrogens with zero attached hydrogens (tertiary/aromatic N) is 3. The third kappa shape index (κ3) is 4.59. The molecule has 3 rings (SSSR count). The third-order valence-corrected chi connectivity index (χ3v) is 4.59. The van der Waals surface area contributed by atoms with Crippen LogP contribution in [0.5, 0.6) is 0 Å². The molecule has 1 aromatic carbocycles. The lowest BCUT2D eigenvalue weighted by Crippen LogP contribution is -2.26. The molecule has 148 valence electrons. The fraction of sp³-hybridized carbons (Fsp3) is 0.368. The molecule has 0 fully saturated rings. The first-order chi connectivity index (χ1) is 13.3. The van der Waals surface area contributed by atoms with Crippen molar-refractivity contribution in [1.82, 2.24) is 25.1 Å².